The molecule has 0 unspecified atom stereocenters. The molecule has 0 aliphatic carbocycles. The molecule has 0 saturated carbocycles. The molecule has 1 aromatic heterocycles. The van der Waals surface area contributed by atoms with Crippen LogP contribution in [-0.2, 0) is 6.54 Å². The van der Waals surface area contributed by atoms with Crippen molar-refractivity contribution in [3.63, 3.8) is 0 Å². The molecule has 1 heterocycles. The minimum atomic E-state index is -0.282. The molecular weight excluding hydrogens is 327 g/mol. The van der Waals surface area contributed by atoms with Crippen molar-refractivity contribution in [2.45, 2.75) is 25.6 Å². The maximum atomic E-state index is 13.1. The molecule has 2 rings (SSSR count). The highest BCUT2D eigenvalue weighted by molar-refractivity contribution is 7.99. The van der Waals surface area contributed by atoms with Gasteiger partial charge in [-0.25, -0.2) is 9.18 Å². The molecule has 130 valence electrons. The number of hydrogen-bond donors (Lipinski definition) is 2. The third kappa shape index (κ3) is 5.26. The van der Waals surface area contributed by atoms with Gasteiger partial charge in [-0.05, 0) is 29.5 Å². The van der Waals surface area contributed by atoms with Gasteiger partial charge in [0.2, 0.25) is 0 Å². The van der Waals surface area contributed by atoms with E-state index in [4.69, 9.17) is 0 Å². The normalized spacial score (nSPS) is 10.9. The zero-order chi connectivity index (χ0) is 17.5. The van der Waals surface area contributed by atoms with E-state index in [1.807, 2.05) is 11.8 Å². The number of aromatic amines is 1. The summed E-state index contributed by atoms with van der Waals surface area (Å²) in [5.41, 5.74) is 2.52. The van der Waals surface area contributed by atoms with Crippen LogP contribution in [0.5, 0.6) is 0 Å². The van der Waals surface area contributed by atoms with Gasteiger partial charge >= 0.3 is 6.03 Å². The molecule has 1 aromatic carbocycles. The molecule has 24 heavy (non-hydrogen) atoms. The molecule has 2 N–H and O–H groups in total. The first kappa shape index (κ1) is 18.3. The van der Waals surface area contributed by atoms with Crippen molar-refractivity contribution in [3.8, 4) is 11.3 Å². The zero-order valence-corrected chi connectivity index (χ0v) is 15.0. The predicted molar refractivity (Wildman–Crippen MR) is 96.4 cm³/mol. The maximum Gasteiger partial charge on any atom is 0.317 e. The summed E-state index contributed by atoms with van der Waals surface area (Å²) in [5, 5.41) is 10.4. The fourth-order valence-electron chi connectivity index (χ4n) is 2.21. The standard InChI is InChI=1S/C17H23FN4OS/c1-12(2)24-9-8-19-17(23)22(3)11-14-10-20-21-16(14)13-4-6-15(18)7-5-13/h4-7,10,12H,8-9,11H2,1-3H3,(H,19,23)(H,20,21). The Morgan fingerprint density at radius 1 is 1.38 bits per heavy atom. The fraction of sp³-hybridized carbons (Fsp3) is 0.412. The van der Waals surface area contributed by atoms with Crippen LogP contribution in [0.2, 0.25) is 0 Å². The van der Waals surface area contributed by atoms with E-state index in [1.54, 1.807) is 30.3 Å². The lowest BCUT2D eigenvalue weighted by molar-refractivity contribution is 0.207. The van der Waals surface area contributed by atoms with Gasteiger partial charge in [-0.2, -0.15) is 16.9 Å². The van der Waals surface area contributed by atoms with Gasteiger partial charge in [0.05, 0.1) is 18.4 Å². The number of rotatable bonds is 7. The van der Waals surface area contributed by atoms with Gasteiger partial charge in [-0.3, -0.25) is 5.10 Å². The predicted octanol–water partition coefficient (Wildman–Crippen LogP) is 3.50. The number of benzene rings is 1. The number of carbonyl (C=O) groups excluding carboxylic acids is 1. The average molecular weight is 350 g/mol. The van der Waals surface area contributed by atoms with Crippen LogP contribution in [0, 0.1) is 5.82 Å². The van der Waals surface area contributed by atoms with E-state index >= 15 is 0 Å². The largest absolute Gasteiger partial charge is 0.337 e. The van der Waals surface area contributed by atoms with Crippen molar-refractivity contribution in [3.05, 3.63) is 41.8 Å². The molecule has 0 saturated heterocycles. The second-order valence-corrected chi connectivity index (χ2v) is 7.47. The summed E-state index contributed by atoms with van der Waals surface area (Å²) in [7, 11) is 1.74. The Morgan fingerprint density at radius 3 is 2.75 bits per heavy atom. The molecule has 0 aliphatic rings. The molecule has 0 radical (unpaired) electrons. The van der Waals surface area contributed by atoms with Gasteiger partial charge in [-0.15, -0.1) is 0 Å². The first-order valence-electron chi connectivity index (χ1n) is 7.86. The van der Waals surface area contributed by atoms with Crippen molar-refractivity contribution in [1.29, 1.82) is 0 Å². The summed E-state index contributed by atoms with van der Waals surface area (Å²) < 4.78 is 13.1. The number of halogens is 1. The van der Waals surface area contributed by atoms with Gasteiger partial charge in [0.15, 0.2) is 0 Å². The van der Waals surface area contributed by atoms with Crippen LogP contribution in [0.1, 0.15) is 19.4 Å². The van der Waals surface area contributed by atoms with Crippen molar-refractivity contribution < 1.29 is 9.18 Å². The number of thioether (sulfide) groups is 1. The summed E-state index contributed by atoms with van der Waals surface area (Å²) in [5.74, 6) is 0.611. The Kier molecular flexibility index (Phi) is 6.66. The van der Waals surface area contributed by atoms with E-state index in [1.165, 1.54) is 12.1 Å². The van der Waals surface area contributed by atoms with Crippen molar-refractivity contribution in [1.82, 2.24) is 20.4 Å². The first-order chi connectivity index (χ1) is 11.5. The Bertz CT molecular complexity index is 657. The number of H-pyrrole nitrogens is 1. The second-order valence-electron chi connectivity index (χ2n) is 5.78. The molecule has 0 spiro atoms. The quantitative estimate of drug-likeness (QED) is 0.752. The Morgan fingerprint density at radius 2 is 2.08 bits per heavy atom. The molecule has 0 aliphatic heterocycles. The Labute approximate surface area is 146 Å². The number of urea groups is 1. The Balaban J connectivity index is 1.92. The number of nitrogens with one attached hydrogen (secondary N) is 2. The van der Waals surface area contributed by atoms with Crippen LogP contribution in [0.4, 0.5) is 9.18 Å². The molecule has 0 bridgehead atoms. The number of amides is 2. The number of aromatic nitrogens is 2. The van der Waals surface area contributed by atoms with Gasteiger partial charge in [0.1, 0.15) is 5.82 Å². The molecule has 7 heteroatoms. The lowest BCUT2D eigenvalue weighted by atomic mass is 10.1. The summed E-state index contributed by atoms with van der Waals surface area (Å²) >= 11 is 1.81. The molecule has 2 amide bonds. The lowest BCUT2D eigenvalue weighted by Gasteiger charge is -2.18. The number of carbonyl (C=O) groups is 1. The SMILES string of the molecule is CC(C)SCCNC(=O)N(C)Cc1cn[nH]c1-c1ccc(F)cc1. The van der Waals surface area contributed by atoms with Crippen molar-refractivity contribution in [2.24, 2.45) is 0 Å². The first-order valence-corrected chi connectivity index (χ1v) is 8.91. The third-order valence-corrected chi connectivity index (χ3v) is 4.54. The molecular formula is C17H23FN4OS. The van der Waals surface area contributed by atoms with E-state index in [2.05, 4.69) is 29.4 Å². The molecule has 2 aromatic rings. The van der Waals surface area contributed by atoms with Crippen LogP contribution in [0.15, 0.2) is 30.5 Å². The third-order valence-electron chi connectivity index (χ3n) is 3.43. The summed E-state index contributed by atoms with van der Waals surface area (Å²) in [4.78, 5) is 13.7. The summed E-state index contributed by atoms with van der Waals surface area (Å²) in [6.45, 7) is 5.33. The average Bonchev–Trinajstić information content (AvgIpc) is 3.00. The fourth-order valence-corrected chi connectivity index (χ4v) is 2.90. The van der Waals surface area contributed by atoms with E-state index in [0.29, 0.717) is 18.3 Å². The molecule has 0 atom stereocenters. The lowest BCUT2D eigenvalue weighted by Crippen LogP contribution is -2.38. The van der Waals surface area contributed by atoms with E-state index in [9.17, 15) is 9.18 Å². The van der Waals surface area contributed by atoms with Gasteiger partial charge in [0.25, 0.3) is 0 Å². The summed E-state index contributed by atoms with van der Waals surface area (Å²) in [6, 6.07) is 6.07. The van der Waals surface area contributed by atoms with Gasteiger partial charge in [-0.1, -0.05) is 13.8 Å². The Hall–Kier alpha value is -2.02. The van der Waals surface area contributed by atoms with Gasteiger partial charge < -0.3 is 10.2 Å². The summed E-state index contributed by atoms with van der Waals surface area (Å²) in [6.07, 6.45) is 1.69. The minimum absolute atomic E-state index is 0.120. The van der Waals surface area contributed by atoms with E-state index in [-0.39, 0.29) is 11.8 Å². The highest BCUT2D eigenvalue weighted by Gasteiger charge is 2.14. The smallest absolute Gasteiger partial charge is 0.317 e. The number of nitrogens with zero attached hydrogens (tertiary/aromatic N) is 2. The highest BCUT2D eigenvalue weighted by Crippen LogP contribution is 2.22. The number of hydrogen-bond acceptors (Lipinski definition) is 3. The highest BCUT2D eigenvalue weighted by atomic mass is 32.2. The van der Waals surface area contributed by atoms with Crippen LogP contribution >= 0.6 is 11.8 Å². The zero-order valence-electron chi connectivity index (χ0n) is 14.2. The second kappa shape index (κ2) is 8.73. The van der Waals surface area contributed by atoms with Crippen LogP contribution in [0.3, 0.4) is 0 Å². The van der Waals surface area contributed by atoms with Gasteiger partial charge in [0, 0.05) is 30.5 Å². The van der Waals surface area contributed by atoms with E-state index < -0.39 is 0 Å². The monoisotopic (exact) mass is 350 g/mol. The molecule has 5 nitrogen and oxygen atoms in total. The van der Waals surface area contributed by atoms with Crippen LogP contribution in [0.25, 0.3) is 11.3 Å². The minimum Gasteiger partial charge on any atom is -0.337 e. The van der Waals surface area contributed by atoms with Crippen molar-refractivity contribution >= 4 is 17.8 Å². The van der Waals surface area contributed by atoms with Crippen LogP contribution in [-0.4, -0.2) is 45.7 Å². The maximum absolute atomic E-state index is 13.1. The topological polar surface area (TPSA) is 61.0 Å². The van der Waals surface area contributed by atoms with Crippen LogP contribution < -0.4 is 5.32 Å². The molecule has 0 fully saturated rings. The van der Waals surface area contributed by atoms with E-state index in [0.717, 1.165) is 22.6 Å². The van der Waals surface area contributed by atoms with Crippen molar-refractivity contribution in [2.75, 3.05) is 19.3 Å².